The van der Waals surface area contributed by atoms with Crippen LogP contribution in [0.1, 0.15) is 35.7 Å². The zero-order chi connectivity index (χ0) is 21.4. The van der Waals surface area contributed by atoms with Crippen LogP contribution in [0.25, 0.3) is 0 Å². The molecular weight excluding hydrogens is 391 g/mol. The van der Waals surface area contributed by atoms with Gasteiger partial charge in [0.05, 0.1) is 12.2 Å². The second kappa shape index (κ2) is 10.1. The van der Waals surface area contributed by atoms with Crippen molar-refractivity contribution in [3.8, 4) is 0 Å². The Morgan fingerprint density at radius 2 is 2.00 bits per heavy atom. The molecule has 1 heterocycles. The van der Waals surface area contributed by atoms with Gasteiger partial charge in [-0.3, -0.25) is 9.59 Å². The molecule has 0 aliphatic carbocycles. The molecule has 1 unspecified atom stereocenters. The second-order valence-corrected chi connectivity index (χ2v) is 6.71. The van der Waals surface area contributed by atoms with Crippen molar-refractivity contribution in [1.29, 1.82) is 0 Å². The van der Waals surface area contributed by atoms with Gasteiger partial charge in [-0.1, -0.05) is 6.07 Å². The highest BCUT2D eigenvalue weighted by atomic mass is 19.4. The Hall–Kier alpha value is -2.78. The monoisotopic (exact) mass is 415 g/mol. The normalized spacial score (nSPS) is 16.8. The van der Waals surface area contributed by atoms with Crippen LogP contribution >= 0.6 is 0 Å². The number of hydrogen-bond donors (Lipinski definition) is 2. The van der Waals surface area contributed by atoms with Crippen LogP contribution in [-0.4, -0.2) is 55.6 Å². The van der Waals surface area contributed by atoms with Gasteiger partial charge >= 0.3 is 18.2 Å². The van der Waals surface area contributed by atoms with E-state index in [1.54, 1.807) is 11.8 Å². The maximum atomic E-state index is 12.8. The highest BCUT2D eigenvalue weighted by Gasteiger charge is 2.31. The summed E-state index contributed by atoms with van der Waals surface area (Å²) in [4.78, 5) is 37.2. The fourth-order valence-electron chi connectivity index (χ4n) is 3.06. The minimum absolute atomic E-state index is 0.0353. The van der Waals surface area contributed by atoms with Gasteiger partial charge in [-0.15, -0.1) is 0 Å². The predicted octanol–water partition coefficient (Wildman–Crippen LogP) is 2.42. The van der Waals surface area contributed by atoms with Gasteiger partial charge in [0.2, 0.25) is 0 Å². The first kappa shape index (κ1) is 22.5. The maximum Gasteiger partial charge on any atom is 0.416 e. The van der Waals surface area contributed by atoms with E-state index in [0.29, 0.717) is 13.1 Å². The Morgan fingerprint density at radius 3 is 2.69 bits per heavy atom. The molecule has 1 aliphatic rings. The molecule has 1 aromatic rings. The molecule has 29 heavy (non-hydrogen) atoms. The SMILES string of the molecule is CCOC(=O)CNC(=O)N1CCCC(CNC(=O)c2cccc(C(F)(F)F)c2)C1. The molecule has 1 aromatic carbocycles. The standard InChI is InChI=1S/C19H24F3N3O4/c1-2-29-16(26)11-24-18(28)25-8-4-5-13(12-25)10-23-17(27)14-6-3-7-15(9-14)19(20,21)22/h3,6-7,9,13H,2,4-5,8,10-12H2,1H3,(H,23,27)(H,24,28). The van der Waals surface area contributed by atoms with Crippen molar-refractivity contribution >= 4 is 17.9 Å². The molecule has 2 N–H and O–H groups in total. The van der Waals surface area contributed by atoms with Gasteiger partial charge in [-0.2, -0.15) is 13.2 Å². The number of nitrogens with one attached hydrogen (secondary N) is 2. The number of carbonyl (C=O) groups is 3. The number of halogens is 3. The molecule has 2 rings (SSSR count). The number of nitrogens with zero attached hydrogens (tertiary/aromatic N) is 1. The van der Waals surface area contributed by atoms with Crippen LogP contribution in [0.4, 0.5) is 18.0 Å². The van der Waals surface area contributed by atoms with Crippen LogP contribution in [0.2, 0.25) is 0 Å². The lowest BCUT2D eigenvalue weighted by molar-refractivity contribution is -0.142. The first-order valence-electron chi connectivity index (χ1n) is 9.34. The number of likely N-dealkylation sites (tertiary alicyclic amines) is 1. The Bertz CT molecular complexity index is 740. The Kier molecular flexibility index (Phi) is 7.86. The lowest BCUT2D eigenvalue weighted by Crippen LogP contribution is -2.48. The Morgan fingerprint density at radius 1 is 1.24 bits per heavy atom. The van der Waals surface area contributed by atoms with E-state index in [0.717, 1.165) is 25.0 Å². The smallest absolute Gasteiger partial charge is 0.416 e. The van der Waals surface area contributed by atoms with Gasteiger partial charge in [0, 0.05) is 25.2 Å². The Balaban J connectivity index is 1.84. The Labute approximate surface area is 166 Å². The molecule has 1 saturated heterocycles. The van der Waals surface area contributed by atoms with Crippen molar-refractivity contribution in [2.24, 2.45) is 5.92 Å². The molecule has 0 radical (unpaired) electrons. The van der Waals surface area contributed by atoms with E-state index in [1.807, 2.05) is 0 Å². The third-order valence-corrected chi connectivity index (χ3v) is 4.50. The first-order chi connectivity index (χ1) is 13.7. The largest absolute Gasteiger partial charge is 0.465 e. The number of alkyl halides is 3. The lowest BCUT2D eigenvalue weighted by atomic mass is 9.98. The molecular formula is C19H24F3N3O4. The first-order valence-corrected chi connectivity index (χ1v) is 9.34. The van der Waals surface area contributed by atoms with Crippen LogP contribution in [0.3, 0.4) is 0 Å². The fourth-order valence-corrected chi connectivity index (χ4v) is 3.06. The van der Waals surface area contributed by atoms with Gasteiger partial charge in [-0.05, 0) is 43.9 Å². The van der Waals surface area contributed by atoms with E-state index >= 15 is 0 Å². The number of hydrogen-bond acceptors (Lipinski definition) is 4. The summed E-state index contributed by atoms with van der Waals surface area (Å²) >= 11 is 0. The number of benzene rings is 1. The van der Waals surface area contributed by atoms with Crippen LogP contribution in [0.5, 0.6) is 0 Å². The van der Waals surface area contributed by atoms with E-state index in [-0.39, 0.29) is 31.2 Å². The van der Waals surface area contributed by atoms with Crippen molar-refractivity contribution < 1.29 is 32.3 Å². The molecule has 7 nitrogen and oxygen atoms in total. The van der Waals surface area contributed by atoms with E-state index in [9.17, 15) is 27.6 Å². The van der Waals surface area contributed by atoms with Crippen molar-refractivity contribution in [3.63, 3.8) is 0 Å². The molecule has 3 amide bonds. The topological polar surface area (TPSA) is 87.7 Å². The van der Waals surface area contributed by atoms with Crippen molar-refractivity contribution in [1.82, 2.24) is 15.5 Å². The zero-order valence-electron chi connectivity index (χ0n) is 16.1. The summed E-state index contributed by atoms with van der Waals surface area (Å²) in [5, 5.41) is 5.12. The molecule has 10 heteroatoms. The average molecular weight is 415 g/mol. The molecule has 1 atom stereocenters. The molecule has 1 aliphatic heterocycles. The lowest BCUT2D eigenvalue weighted by Gasteiger charge is -2.32. The van der Waals surface area contributed by atoms with Crippen LogP contribution in [0.15, 0.2) is 24.3 Å². The predicted molar refractivity (Wildman–Crippen MR) is 98.1 cm³/mol. The number of piperidine rings is 1. The van der Waals surface area contributed by atoms with Crippen LogP contribution in [0, 0.1) is 5.92 Å². The number of ether oxygens (including phenoxy) is 1. The second-order valence-electron chi connectivity index (χ2n) is 6.71. The third kappa shape index (κ3) is 6.95. The van der Waals surface area contributed by atoms with Crippen LogP contribution < -0.4 is 10.6 Å². The van der Waals surface area contributed by atoms with Gasteiger partial charge < -0.3 is 20.3 Å². The number of carbonyl (C=O) groups excluding carboxylic acids is 3. The minimum Gasteiger partial charge on any atom is -0.465 e. The van der Waals surface area contributed by atoms with Crippen molar-refractivity contribution in [2.75, 3.05) is 32.8 Å². The van der Waals surface area contributed by atoms with Crippen LogP contribution in [-0.2, 0) is 15.7 Å². The van der Waals surface area contributed by atoms with E-state index in [4.69, 9.17) is 4.74 Å². The summed E-state index contributed by atoms with van der Waals surface area (Å²) in [7, 11) is 0. The van der Waals surface area contributed by atoms with Gasteiger partial charge in [0.15, 0.2) is 0 Å². The minimum atomic E-state index is -4.52. The molecule has 0 spiro atoms. The summed E-state index contributed by atoms with van der Waals surface area (Å²) < 4.78 is 43.1. The summed E-state index contributed by atoms with van der Waals surface area (Å²) in [5.41, 5.74) is -0.952. The number of esters is 1. The van der Waals surface area contributed by atoms with Gasteiger partial charge in [0.1, 0.15) is 6.54 Å². The quantitative estimate of drug-likeness (QED) is 0.699. The highest BCUT2D eigenvalue weighted by Crippen LogP contribution is 2.29. The van der Waals surface area contributed by atoms with E-state index < -0.39 is 29.6 Å². The fraction of sp³-hybridized carbons (Fsp3) is 0.526. The van der Waals surface area contributed by atoms with Gasteiger partial charge in [-0.25, -0.2) is 4.79 Å². The number of rotatable bonds is 6. The van der Waals surface area contributed by atoms with Crippen molar-refractivity contribution in [2.45, 2.75) is 25.9 Å². The molecule has 1 fully saturated rings. The zero-order valence-corrected chi connectivity index (χ0v) is 16.1. The molecule has 0 saturated carbocycles. The summed E-state index contributed by atoms with van der Waals surface area (Å²) in [5.74, 6) is -1.16. The third-order valence-electron chi connectivity index (χ3n) is 4.50. The molecule has 0 bridgehead atoms. The number of urea groups is 1. The highest BCUT2D eigenvalue weighted by molar-refractivity contribution is 5.94. The summed E-state index contributed by atoms with van der Waals surface area (Å²) in [6, 6.07) is 3.83. The maximum absolute atomic E-state index is 12.8. The van der Waals surface area contributed by atoms with E-state index in [1.165, 1.54) is 12.1 Å². The van der Waals surface area contributed by atoms with E-state index in [2.05, 4.69) is 10.6 Å². The summed E-state index contributed by atoms with van der Waals surface area (Å²) in [6.45, 7) is 2.80. The number of amides is 3. The van der Waals surface area contributed by atoms with Gasteiger partial charge in [0.25, 0.3) is 5.91 Å². The average Bonchev–Trinajstić information content (AvgIpc) is 2.70. The summed E-state index contributed by atoms with van der Waals surface area (Å²) in [6.07, 6.45) is -3.03. The molecule has 160 valence electrons. The molecule has 0 aromatic heterocycles. The van der Waals surface area contributed by atoms with Crippen molar-refractivity contribution in [3.05, 3.63) is 35.4 Å².